The summed E-state index contributed by atoms with van der Waals surface area (Å²) in [4.78, 5) is 11.8. The lowest BCUT2D eigenvalue weighted by Crippen LogP contribution is -2.50. The van der Waals surface area contributed by atoms with E-state index < -0.39 is 0 Å². The number of benzene rings is 2. The zero-order valence-electron chi connectivity index (χ0n) is 13.0. The lowest BCUT2D eigenvalue weighted by molar-refractivity contribution is -0.126. The van der Waals surface area contributed by atoms with E-state index in [0.717, 1.165) is 35.5 Å². The van der Waals surface area contributed by atoms with Gasteiger partial charge in [0.25, 0.3) is 0 Å². The molecule has 0 aromatic heterocycles. The van der Waals surface area contributed by atoms with Crippen LogP contribution in [-0.2, 0) is 11.3 Å². The first-order valence-corrected chi connectivity index (χ1v) is 7.48. The molecule has 0 saturated carbocycles. The number of amides is 1. The van der Waals surface area contributed by atoms with Crippen LogP contribution >= 0.6 is 12.4 Å². The average Bonchev–Trinajstić information content (AvgIpc) is 2.52. The molecule has 1 aliphatic heterocycles. The van der Waals surface area contributed by atoms with Crippen molar-refractivity contribution in [2.75, 3.05) is 20.2 Å². The second-order valence-electron chi connectivity index (χ2n) is 5.50. The van der Waals surface area contributed by atoms with Crippen molar-refractivity contribution < 1.29 is 9.53 Å². The summed E-state index contributed by atoms with van der Waals surface area (Å²) in [5, 5.41) is 6.08. The molecular formula is C18H21ClN2O2. The van der Waals surface area contributed by atoms with Gasteiger partial charge >= 0.3 is 0 Å². The van der Waals surface area contributed by atoms with Gasteiger partial charge in [0.05, 0.1) is 13.0 Å². The summed E-state index contributed by atoms with van der Waals surface area (Å²) in [6, 6.07) is 16.2. The first kappa shape index (κ1) is 17.3. The molecule has 2 N–H and O–H groups in total. The Morgan fingerprint density at radius 1 is 1.17 bits per heavy atom. The quantitative estimate of drug-likeness (QED) is 0.885. The van der Waals surface area contributed by atoms with Gasteiger partial charge in [-0.1, -0.05) is 36.4 Å². The third-order valence-corrected chi connectivity index (χ3v) is 3.98. The highest BCUT2D eigenvalue weighted by molar-refractivity contribution is 5.85. The average molecular weight is 333 g/mol. The van der Waals surface area contributed by atoms with Crippen molar-refractivity contribution >= 4 is 18.3 Å². The van der Waals surface area contributed by atoms with Gasteiger partial charge < -0.3 is 15.4 Å². The summed E-state index contributed by atoms with van der Waals surface area (Å²) in [6.07, 6.45) is 0. The van der Waals surface area contributed by atoms with Gasteiger partial charge in [0, 0.05) is 19.6 Å². The van der Waals surface area contributed by atoms with Gasteiger partial charge in [0.15, 0.2) is 0 Å². The minimum absolute atomic E-state index is 0. The molecule has 5 heteroatoms. The van der Waals surface area contributed by atoms with Crippen LogP contribution in [0, 0.1) is 5.92 Å². The third kappa shape index (κ3) is 4.24. The number of hydrogen-bond donors (Lipinski definition) is 2. The third-order valence-electron chi connectivity index (χ3n) is 3.98. The van der Waals surface area contributed by atoms with Crippen LogP contribution in [0.4, 0.5) is 0 Å². The van der Waals surface area contributed by atoms with Crippen molar-refractivity contribution in [1.29, 1.82) is 0 Å². The predicted octanol–water partition coefficient (Wildman–Crippen LogP) is 2.62. The Bertz CT molecular complexity index is 654. The van der Waals surface area contributed by atoms with Crippen LogP contribution in [0.1, 0.15) is 5.56 Å². The zero-order valence-corrected chi connectivity index (χ0v) is 13.9. The Balaban J connectivity index is 0.00000192. The molecule has 1 heterocycles. The number of carbonyl (C=O) groups is 1. The smallest absolute Gasteiger partial charge is 0.225 e. The molecule has 1 amide bonds. The van der Waals surface area contributed by atoms with Crippen molar-refractivity contribution in [3.8, 4) is 16.9 Å². The van der Waals surface area contributed by atoms with E-state index in [-0.39, 0.29) is 24.2 Å². The maximum absolute atomic E-state index is 11.8. The second kappa shape index (κ2) is 7.99. The summed E-state index contributed by atoms with van der Waals surface area (Å²) >= 11 is 0. The van der Waals surface area contributed by atoms with E-state index in [0.29, 0.717) is 6.54 Å². The van der Waals surface area contributed by atoms with Gasteiger partial charge in [-0.25, -0.2) is 0 Å². The van der Waals surface area contributed by atoms with E-state index in [2.05, 4.69) is 28.8 Å². The fourth-order valence-corrected chi connectivity index (χ4v) is 2.43. The maximum atomic E-state index is 11.8. The molecule has 0 spiro atoms. The highest BCUT2D eigenvalue weighted by atomic mass is 35.5. The molecule has 0 aliphatic carbocycles. The summed E-state index contributed by atoms with van der Waals surface area (Å²) < 4.78 is 5.25. The standard InChI is InChI=1S/C18H20N2O2.ClH/c1-22-17-4-2-3-15(9-17)14-7-5-13(6-8-14)10-20-18(21)16-11-19-12-16;/h2-9,16,19H,10-12H2,1H3,(H,20,21);1H. The maximum Gasteiger partial charge on any atom is 0.225 e. The molecular weight excluding hydrogens is 312 g/mol. The predicted molar refractivity (Wildman–Crippen MR) is 93.9 cm³/mol. The summed E-state index contributed by atoms with van der Waals surface area (Å²) in [5.74, 6) is 1.12. The zero-order chi connectivity index (χ0) is 15.4. The molecule has 0 radical (unpaired) electrons. The molecule has 23 heavy (non-hydrogen) atoms. The summed E-state index contributed by atoms with van der Waals surface area (Å²) in [7, 11) is 1.67. The Kier molecular flexibility index (Phi) is 6.02. The summed E-state index contributed by atoms with van der Waals surface area (Å²) in [5.41, 5.74) is 3.36. The number of rotatable bonds is 5. The van der Waals surface area contributed by atoms with E-state index in [9.17, 15) is 4.79 Å². The number of carbonyl (C=O) groups excluding carboxylic acids is 1. The molecule has 1 saturated heterocycles. The molecule has 2 aromatic carbocycles. The van der Waals surface area contributed by atoms with Crippen LogP contribution in [0.2, 0.25) is 0 Å². The topological polar surface area (TPSA) is 50.4 Å². The van der Waals surface area contributed by atoms with Crippen LogP contribution in [0.25, 0.3) is 11.1 Å². The van der Waals surface area contributed by atoms with Crippen LogP contribution in [0.15, 0.2) is 48.5 Å². The molecule has 4 nitrogen and oxygen atoms in total. The number of ether oxygens (including phenoxy) is 1. The Morgan fingerprint density at radius 2 is 1.91 bits per heavy atom. The van der Waals surface area contributed by atoms with Gasteiger partial charge in [-0.2, -0.15) is 0 Å². The van der Waals surface area contributed by atoms with Gasteiger partial charge in [-0.05, 0) is 28.8 Å². The molecule has 0 atom stereocenters. The highest BCUT2D eigenvalue weighted by Crippen LogP contribution is 2.24. The molecule has 2 aromatic rings. The number of nitrogens with one attached hydrogen (secondary N) is 2. The molecule has 0 unspecified atom stereocenters. The van der Waals surface area contributed by atoms with Crippen molar-refractivity contribution in [3.05, 3.63) is 54.1 Å². The van der Waals surface area contributed by atoms with Crippen molar-refractivity contribution in [2.45, 2.75) is 6.54 Å². The lowest BCUT2D eigenvalue weighted by atomic mass is 10.0. The van der Waals surface area contributed by atoms with Crippen LogP contribution in [0.3, 0.4) is 0 Å². The summed E-state index contributed by atoms with van der Waals surface area (Å²) in [6.45, 7) is 2.16. The first-order chi connectivity index (χ1) is 10.8. The van der Waals surface area contributed by atoms with E-state index in [1.807, 2.05) is 30.3 Å². The van der Waals surface area contributed by atoms with E-state index in [1.54, 1.807) is 7.11 Å². The van der Waals surface area contributed by atoms with E-state index in [1.165, 1.54) is 0 Å². The van der Waals surface area contributed by atoms with Crippen molar-refractivity contribution in [2.24, 2.45) is 5.92 Å². The molecule has 0 bridgehead atoms. The SMILES string of the molecule is COc1cccc(-c2ccc(CNC(=O)C3CNC3)cc2)c1.Cl. The number of methoxy groups -OCH3 is 1. The fraction of sp³-hybridized carbons (Fsp3) is 0.278. The van der Waals surface area contributed by atoms with Gasteiger partial charge in [0.1, 0.15) is 5.75 Å². The van der Waals surface area contributed by atoms with E-state index in [4.69, 9.17) is 4.74 Å². The van der Waals surface area contributed by atoms with Gasteiger partial charge in [-0.15, -0.1) is 12.4 Å². The molecule has 1 aliphatic rings. The van der Waals surface area contributed by atoms with Crippen molar-refractivity contribution in [1.82, 2.24) is 10.6 Å². The highest BCUT2D eigenvalue weighted by Gasteiger charge is 2.24. The largest absolute Gasteiger partial charge is 0.497 e. The normalized spacial score (nSPS) is 13.6. The Hall–Kier alpha value is -2.04. The van der Waals surface area contributed by atoms with Crippen LogP contribution in [-0.4, -0.2) is 26.1 Å². The minimum atomic E-state index is 0. The second-order valence-corrected chi connectivity index (χ2v) is 5.50. The molecule has 1 fully saturated rings. The van der Waals surface area contributed by atoms with Gasteiger partial charge in [-0.3, -0.25) is 4.79 Å². The molecule has 3 rings (SSSR count). The minimum Gasteiger partial charge on any atom is -0.497 e. The fourth-order valence-electron chi connectivity index (χ4n) is 2.43. The first-order valence-electron chi connectivity index (χ1n) is 7.48. The Morgan fingerprint density at radius 3 is 2.52 bits per heavy atom. The number of halogens is 1. The van der Waals surface area contributed by atoms with E-state index >= 15 is 0 Å². The lowest BCUT2D eigenvalue weighted by Gasteiger charge is -2.25. The van der Waals surface area contributed by atoms with Crippen LogP contribution in [0.5, 0.6) is 5.75 Å². The number of hydrogen-bond acceptors (Lipinski definition) is 3. The van der Waals surface area contributed by atoms with Gasteiger partial charge in [0.2, 0.25) is 5.91 Å². The molecule has 122 valence electrons. The van der Waals surface area contributed by atoms with Crippen LogP contribution < -0.4 is 15.4 Å². The monoisotopic (exact) mass is 332 g/mol. The van der Waals surface area contributed by atoms with Crippen molar-refractivity contribution in [3.63, 3.8) is 0 Å². The Labute approximate surface area is 142 Å².